The third-order valence-electron chi connectivity index (χ3n) is 2.46. The van der Waals surface area contributed by atoms with E-state index in [4.69, 9.17) is 5.73 Å². The molecule has 0 aromatic heterocycles. The van der Waals surface area contributed by atoms with Crippen molar-refractivity contribution in [3.8, 4) is 0 Å². The van der Waals surface area contributed by atoms with Gasteiger partial charge in [0, 0.05) is 6.04 Å². The van der Waals surface area contributed by atoms with Crippen molar-refractivity contribution < 1.29 is 0 Å². The molecule has 0 saturated carbocycles. The molecule has 0 radical (unpaired) electrons. The minimum absolute atomic E-state index is 0.378. The lowest BCUT2D eigenvalue weighted by Gasteiger charge is -2.19. The van der Waals surface area contributed by atoms with Crippen LogP contribution in [0.3, 0.4) is 0 Å². The van der Waals surface area contributed by atoms with Gasteiger partial charge in [0.05, 0.1) is 0 Å². The van der Waals surface area contributed by atoms with E-state index >= 15 is 0 Å². The van der Waals surface area contributed by atoms with Crippen molar-refractivity contribution in [2.45, 2.75) is 53.0 Å². The highest BCUT2D eigenvalue weighted by atomic mass is 14.6. The summed E-state index contributed by atoms with van der Waals surface area (Å²) in [7, 11) is 0. The van der Waals surface area contributed by atoms with E-state index < -0.39 is 0 Å². The van der Waals surface area contributed by atoms with Gasteiger partial charge in [0.25, 0.3) is 0 Å². The van der Waals surface area contributed by atoms with Crippen molar-refractivity contribution in [3.05, 3.63) is 0 Å². The van der Waals surface area contributed by atoms with Crippen LogP contribution in [0, 0.1) is 11.8 Å². The summed E-state index contributed by atoms with van der Waals surface area (Å²) in [6.07, 6.45) is 3.77. The number of rotatable bonds is 5. The first-order chi connectivity index (χ1) is 5.07. The third kappa shape index (κ3) is 5.25. The molecule has 1 heteroatoms. The molecular weight excluding hydrogens is 134 g/mol. The maximum Gasteiger partial charge on any atom is 0.00105 e. The average Bonchev–Trinajstić information content (AvgIpc) is 1.87. The SMILES string of the molecule is CCC(CCC(C)N)C(C)C. The lowest BCUT2D eigenvalue weighted by Crippen LogP contribution is -2.17. The van der Waals surface area contributed by atoms with Crippen molar-refractivity contribution in [1.29, 1.82) is 0 Å². The molecular formula is C10H23N. The van der Waals surface area contributed by atoms with Crippen LogP contribution in [-0.4, -0.2) is 6.04 Å². The smallest absolute Gasteiger partial charge is 0.00105 e. The molecule has 0 aliphatic heterocycles. The van der Waals surface area contributed by atoms with Crippen LogP contribution in [0.25, 0.3) is 0 Å². The van der Waals surface area contributed by atoms with Crippen LogP contribution in [0.15, 0.2) is 0 Å². The van der Waals surface area contributed by atoms with Crippen molar-refractivity contribution in [2.75, 3.05) is 0 Å². The lowest BCUT2D eigenvalue weighted by atomic mass is 9.88. The summed E-state index contributed by atoms with van der Waals surface area (Å²) in [6.45, 7) is 8.96. The fourth-order valence-corrected chi connectivity index (χ4v) is 1.49. The molecule has 0 fully saturated rings. The van der Waals surface area contributed by atoms with Crippen LogP contribution >= 0.6 is 0 Å². The summed E-state index contributed by atoms with van der Waals surface area (Å²) >= 11 is 0. The van der Waals surface area contributed by atoms with Gasteiger partial charge in [0.15, 0.2) is 0 Å². The molecule has 2 atom stereocenters. The standard InChI is InChI=1S/C10H23N/c1-5-10(8(2)3)7-6-9(4)11/h8-10H,5-7,11H2,1-4H3. The average molecular weight is 157 g/mol. The Morgan fingerprint density at radius 3 is 1.91 bits per heavy atom. The van der Waals surface area contributed by atoms with E-state index in [1.165, 1.54) is 19.3 Å². The summed E-state index contributed by atoms with van der Waals surface area (Å²) in [5.41, 5.74) is 5.70. The van der Waals surface area contributed by atoms with Crippen LogP contribution in [0.1, 0.15) is 47.0 Å². The molecule has 2 N–H and O–H groups in total. The van der Waals surface area contributed by atoms with Gasteiger partial charge in [-0.1, -0.05) is 27.2 Å². The summed E-state index contributed by atoms with van der Waals surface area (Å²) in [5, 5.41) is 0. The topological polar surface area (TPSA) is 26.0 Å². The molecule has 0 amide bonds. The summed E-state index contributed by atoms with van der Waals surface area (Å²) in [6, 6.07) is 0.378. The van der Waals surface area contributed by atoms with E-state index in [0.717, 1.165) is 11.8 Å². The molecule has 1 nitrogen and oxygen atoms in total. The van der Waals surface area contributed by atoms with E-state index in [0.29, 0.717) is 6.04 Å². The van der Waals surface area contributed by atoms with E-state index in [1.54, 1.807) is 0 Å². The normalized spacial score (nSPS) is 16.9. The highest BCUT2D eigenvalue weighted by molar-refractivity contribution is 4.64. The zero-order valence-corrected chi connectivity index (χ0v) is 8.43. The minimum atomic E-state index is 0.378. The molecule has 0 rings (SSSR count). The number of hydrogen-bond donors (Lipinski definition) is 1. The van der Waals surface area contributed by atoms with E-state index in [-0.39, 0.29) is 0 Å². The van der Waals surface area contributed by atoms with E-state index in [9.17, 15) is 0 Å². The van der Waals surface area contributed by atoms with Gasteiger partial charge in [0.2, 0.25) is 0 Å². The quantitative estimate of drug-likeness (QED) is 0.652. The van der Waals surface area contributed by atoms with Crippen molar-refractivity contribution in [1.82, 2.24) is 0 Å². The molecule has 0 aliphatic carbocycles. The van der Waals surface area contributed by atoms with E-state index in [1.807, 2.05) is 0 Å². The zero-order chi connectivity index (χ0) is 8.85. The summed E-state index contributed by atoms with van der Waals surface area (Å²) in [5.74, 6) is 1.69. The Hall–Kier alpha value is -0.0400. The van der Waals surface area contributed by atoms with Crippen molar-refractivity contribution in [3.63, 3.8) is 0 Å². The Morgan fingerprint density at radius 2 is 1.64 bits per heavy atom. The van der Waals surface area contributed by atoms with Crippen LogP contribution in [0.4, 0.5) is 0 Å². The predicted octanol–water partition coefficient (Wildman–Crippen LogP) is 2.80. The first-order valence-corrected chi connectivity index (χ1v) is 4.83. The second-order valence-corrected chi connectivity index (χ2v) is 3.97. The Kier molecular flexibility index (Phi) is 5.57. The molecule has 0 saturated heterocycles. The Morgan fingerprint density at radius 1 is 1.09 bits per heavy atom. The van der Waals surface area contributed by atoms with Gasteiger partial charge in [-0.25, -0.2) is 0 Å². The van der Waals surface area contributed by atoms with E-state index in [2.05, 4.69) is 27.7 Å². The first kappa shape index (κ1) is 11.0. The second-order valence-electron chi connectivity index (χ2n) is 3.97. The van der Waals surface area contributed by atoms with Gasteiger partial charge in [-0.15, -0.1) is 0 Å². The maximum absolute atomic E-state index is 5.70. The fraction of sp³-hybridized carbons (Fsp3) is 1.00. The van der Waals surface area contributed by atoms with Crippen LogP contribution < -0.4 is 5.73 Å². The number of nitrogens with two attached hydrogens (primary N) is 1. The van der Waals surface area contributed by atoms with Crippen molar-refractivity contribution in [2.24, 2.45) is 17.6 Å². The Balaban J connectivity index is 3.52. The highest BCUT2D eigenvalue weighted by Gasteiger charge is 2.10. The number of hydrogen-bond acceptors (Lipinski definition) is 1. The molecule has 0 heterocycles. The Bertz CT molecular complexity index is 86.9. The van der Waals surface area contributed by atoms with Gasteiger partial charge >= 0.3 is 0 Å². The van der Waals surface area contributed by atoms with Gasteiger partial charge in [-0.2, -0.15) is 0 Å². The van der Waals surface area contributed by atoms with Crippen LogP contribution in [0.5, 0.6) is 0 Å². The third-order valence-corrected chi connectivity index (χ3v) is 2.46. The molecule has 0 aromatic rings. The minimum Gasteiger partial charge on any atom is -0.328 e. The Labute approximate surface area is 71.4 Å². The predicted molar refractivity (Wildman–Crippen MR) is 51.5 cm³/mol. The van der Waals surface area contributed by atoms with Crippen LogP contribution in [-0.2, 0) is 0 Å². The second kappa shape index (κ2) is 5.59. The lowest BCUT2D eigenvalue weighted by molar-refractivity contribution is 0.332. The zero-order valence-electron chi connectivity index (χ0n) is 8.43. The van der Waals surface area contributed by atoms with Gasteiger partial charge in [-0.3, -0.25) is 0 Å². The fourth-order valence-electron chi connectivity index (χ4n) is 1.49. The largest absolute Gasteiger partial charge is 0.328 e. The summed E-state index contributed by atoms with van der Waals surface area (Å²) in [4.78, 5) is 0. The monoisotopic (exact) mass is 157 g/mol. The van der Waals surface area contributed by atoms with Crippen LogP contribution in [0.2, 0.25) is 0 Å². The van der Waals surface area contributed by atoms with Gasteiger partial charge < -0.3 is 5.73 Å². The first-order valence-electron chi connectivity index (χ1n) is 4.83. The van der Waals surface area contributed by atoms with Crippen molar-refractivity contribution >= 4 is 0 Å². The molecule has 0 spiro atoms. The molecule has 0 aliphatic rings. The van der Waals surface area contributed by atoms with Gasteiger partial charge in [0.1, 0.15) is 0 Å². The molecule has 0 aromatic carbocycles. The molecule has 68 valence electrons. The maximum atomic E-state index is 5.70. The molecule has 0 bridgehead atoms. The highest BCUT2D eigenvalue weighted by Crippen LogP contribution is 2.20. The molecule has 11 heavy (non-hydrogen) atoms. The van der Waals surface area contributed by atoms with Gasteiger partial charge in [-0.05, 0) is 31.6 Å². The summed E-state index contributed by atoms with van der Waals surface area (Å²) < 4.78 is 0. The molecule has 2 unspecified atom stereocenters.